The number of fused-ring (bicyclic) bond motifs is 8. The van der Waals surface area contributed by atoms with Gasteiger partial charge in [0.15, 0.2) is 0 Å². The van der Waals surface area contributed by atoms with Crippen molar-refractivity contribution < 1.29 is 9.15 Å². The monoisotopic (exact) mass is 716 g/mol. The second-order valence-electron chi connectivity index (χ2n) is 15.3. The predicted molar refractivity (Wildman–Crippen MR) is 222 cm³/mol. The van der Waals surface area contributed by atoms with Crippen LogP contribution in [0.5, 0.6) is 5.75 Å². The summed E-state index contributed by atoms with van der Waals surface area (Å²) in [6, 6.07) is 49.1. The van der Waals surface area contributed by atoms with Crippen molar-refractivity contribution in [1.82, 2.24) is 19.3 Å². The molecule has 55 heavy (non-hydrogen) atoms. The molecule has 2 aliphatic rings. The Kier molecular flexibility index (Phi) is 7.51. The summed E-state index contributed by atoms with van der Waals surface area (Å²) < 4.78 is 17.7. The Morgan fingerprint density at radius 3 is 1.65 bits per heavy atom. The number of hydrogen-bond donors (Lipinski definition) is 0. The summed E-state index contributed by atoms with van der Waals surface area (Å²) in [6.45, 7) is 3.01. The van der Waals surface area contributed by atoms with Gasteiger partial charge < -0.3 is 18.3 Å². The maximum Gasteiger partial charge on any atom is 0.248 e. The zero-order valence-electron chi connectivity index (χ0n) is 30.7. The quantitative estimate of drug-likeness (QED) is 0.140. The first-order valence-electron chi connectivity index (χ1n) is 19.6. The second kappa shape index (κ2) is 12.9. The van der Waals surface area contributed by atoms with Gasteiger partial charge in [0, 0.05) is 44.0 Å². The molecule has 0 aliphatic heterocycles. The molecular weight excluding hydrogens is 677 g/mol. The van der Waals surface area contributed by atoms with Crippen molar-refractivity contribution in [2.75, 3.05) is 6.61 Å². The van der Waals surface area contributed by atoms with E-state index in [0.717, 1.165) is 69.3 Å². The van der Waals surface area contributed by atoms with E-state index in [1.54, 1.807) is 0 Å². The summed E-state index contributed by atoms with van der Waals surface area (Å²) >= 11 is 0. The highest BCUT2D eigenvalue weighted by molar-refractivity contribution is 6.10. The maximum absolute atomic E-state index is 6.56. The minimum absolute atomic E-state index is 0.460. The molecule has 0 amide bonds. The van der Waals surface area contributed by atoms with E-state index in [-0.39, 0.29) is 0 Å². The van der Waals surface area contributed by atoms with Gasteiger partial charge in [-0.05, 0) is 104 Å². The number of hydrogen-bond acceptors (Lipinski definition) is 4. The Labute approximate surface area is 319 Å². The summed E-state index contributed by atoms with van der Waals surface area (Å²) in [4.78, 5) is 0. The molecule has 1 fully saturated rings. The first kappa shape index (κ1) is 32.1. The van der Waals surface area contributed by atoms with Crippen LogP contribution in [-0.4, -0.2) is 25.9 Å². The zero-order valence-corrected chi connectivity index (χ0v) is 30.7. The van der Waals surface area contributed by atoms with Crippen molar-refractivity contribution in [2.24, 2.45) is 23.7 Å². The standard InChI is InChI=1S/C49H40N4O2/c1-2-32(43-25-31-22-23-33(43)24-31)30-54-38-13-11-12-34(28-38)48-50-51-49(55-48)35-26-36(52-44-18-7-3-14-39(44)40-15-4-8-19-45(40)52)29-37(27-35)53-46-20-9-5-16-41(46)42-17-6-10-21-47(42)53/h3-23,26-29,31-33,43H,2,24-25,30H2,1H3. The number of aromatic nitrogens is 4. The zero-order chi connectivity index (χ0) is 36.5. The van der Waals surface area contributed by atoms with Crippen molar-refractivity contribution in [3.8, 4) is 40.0 Å². The van der Waals surface area contributed by atoms with Crippen LogP contribution in [0.4, 0.5) is 0 Å². The van der Waals surface area contributed by atoms with E-state index < -0.39 is 0 Å². The van der Waals surface area contributed by atoms with Crippen molar-refractivity contribution in [1.29, 1.82) is 0 Å². The van der Waals surface area contributed by atoms with Crippen LogP contribution in [-0.2, 0) is 0 Å². The van der Waals surface area contributed by atoms with E-state index in [9.17, 15) is 0 Å². The second-order valence-corrected chi connectivity index (χ2v) is 15.3. The van der Waals surface area contributed by atoms with Crippen molar-refractivity contribution in [3.05, 3.63) is 152 Å². The smallest absolute Gasteiger partial charge is 0.248 e. The van der Waals surface area contributed by atoms with E-state index in [4.69, 9.17) is 9.15 Å². The summed E-state index contributed by atoms with van der Waals surface area (Å²) in [7, 11) is 0. The average Bonchev–Trinajstić information content (AvgIpc) is 4.09. The summed E-state index contributed by atoms with van der Waals surface area (Å²) in [5.41, 5.74) is 8.26. The third-order valence-electron chi connectivity index (χ3n) is 12.3. The minimum atomic E-state index is 0.460. The minimum Gasteiger partial charge on any atom is -0.493 e. The Bertz CT molecular complexity index is 2690. The molecule has 2 aliphatic carbocycles. The molecule has 6 heteroatoms. The fourth-order valence-electron chi connectivity index (χ4n) is 9.67. The van der Waals surface area contributed by atoms with Crippen LogP contribution in [0, 0.1) is 23.7 Å². The Morgan fingerprint density at radius 1 is 0.600 bits per heavy atom. The van der Waals surface area contributed by atoms with Gasteiger partial charge in [0.25, 0.3) is 0 Å². The van der Waals surface area contributed by atoms with Gasteiger partial charge in [-0.25, -0.2) is 0 Å². The number of para-hydroxylation sites is 4. The van der Waals surface area contributed by atoms with E-state index in [1.165, 1.54) is 34.4 Å². The Balaban J connectivity index is 1.02. The molecule has 6 aromatic carbocycles. The van der Waals surface area contributed by atoms with Crippen LogP contribution < -0.4 is 4.74 Å². The van der Waals surface area contributed by atoms with Gasteiger partial charge in [-0.15, -0.1) is 10.2 Å². The van der Waals surface area contributed by atoms with Crippen LogP contribution >= 0.6 is 0 Å². The highest BCUT2D eigenvalue weighted by atomic mass is 16.5. The topological polar surface area (TPSA) is 58.0 Å². The number of allylic oxidation sites excluding steroid dienone is 2. The lowest BCUT2D eigenvalue weighted by molar-refractivity contribution is 0.171. The molecule has 0 N–H and O–H groups in total. The van der Waals surface area contributed by atoms with E-state index >= 15 is 0 Å². The molecule has 3 aromatic heterocycles. The fourth-order valence-corrected chi connectivity index (χ4v) is 9.67. The van der Waals surface area contributed by atoms with E-state index in [0.29, 0.717) is 29.5 Å². The maximum atomic E-state index is 6.56. The number of benzene rings is 6. The molecule has 0 spiro atoms. The molecule has 0 radical (unpaired) electrons. The highest BCUT2D eigenvalue weighted by Crippen LogP contribution is 2.47. The lowest BCUT2D eigenvalue weighted by atomic mass is 9.81. The molecule has 11 rings (SSSR count). The van der Waals surface area contributed by atoms with Gasteiger partial charge >= 0.3 is 0 Å². The largest absolute Gasteiger partial charge is 0.493 e. The van der Waals surface area contributed by atoms with Gasteiger partial charge in [0.2, 0.25) is 11.8 Å². The first-order valence-corrected chi connectivity index (χ1v) is 19.6. The van der Waals surface area contributed by atoms with Crippen LogP contribution in [0.1, 0.15) is 26.2 Å². The molecule has 1 saturated carbocycles. The Morgan fingerprint density at radius 2 is 1.15 bits per heavy atom. The molecular formula is C49H40N4O2. The van der Waals surface area contributed by atoms with Crippen molar-refractivity contribution in [3.63, 3.8) is 0 Å². The van der Waals surface area contributed by atoms with E-state index in [2.05, 4.69) is 154 Å². The predicted octanol–water partition coefficient (Wildman–Crippen LogP) is 12.2. The number of ether oxygens (including phenoxy) is 1. The molecule has 6 nitrogen and oxygen atoms in total. The summed E-state index contributed by atoms with van der Waals surface area (Å²) in [5.74, 6) is 4.49. The number of rotatable bonds is 9. The molecule has 4 unspecified atom stereocenters. The third kappa shape index (κ3) is 5.30. The van der Waals surface area contributed by atoms with Gasteiger partial charge in [-0.1, -0.05) is 97.9 Å². The summed E-state index contributed by atoms with van der Waals surface area (Å²) in [6.07, 6.45) is 8.60. The summed E-state index contributed by atoms with van der Waals surface area (Å²) in [5, 5.41) is 14.1. The molecule has 0 saturated heterocycles. The highest BCUT2D eigenvalue weighted by Gasteiger charge is 2.39. The van der Waals surface area contributed by atoms with Crippen LogP contribution in [0.3, 0.4) is 0 Å². The van der Waals surface area contributed by atoms with Gasteiger partial charge in [-0.3, -0.25) is 0 Å². The normalized spacial score (nSPS) is 18.3. The van der Waals surface area contributed by atoms with Crippen LogP contribution in [0.25, 0.3) is 77.9 Å². The molecule has 4 atom stereocenters. The van der Waals surface area contributed by atoms with Gasteiger partial charge in [-0.2, -0.15) is 0 Å². The van der Waals surface area contributed by atoms with Crippen molar-refractivity contribution >= 4 is 43.6 Å². The lowest BCUT2D eigenvalue weighted by Crippen LogP contribution is -2.24. The molecule has 3 heterocycles. The first-order chi connectivity index (χ1) is 27.2. The van der Waals surface area contributed by atoms with Crippen LogP contribution in [0.15, 0.2) is 156 Å². The fraction of sp³-hybridized carbons (Fsp3) is 0.184. The van der Waals surface area contributed by atoms with Gasteiger partial charge in [0.05, 0.1) is 28.7 Å². The molecule has 2 bridgehead atoms. The molecule has 268 valence electrons. The average molecular weight is 717 g/mol. The van der Waals surface area contributed by atoms with Gasteiger partial charge in [0.1, 0.15) is 5.75 Å². The van der Waals surface area contributed by atoms with E-state index in [1.807, 2.05) is 24.3 Å². The number of nitrogens with zero attached hydrogens (tertiary/aromatic N) is 4. The third-order valence-corrected chi connectivity index (χ3v) is 12.3. The Hall–Kier alpha value is -6.40. The molecule has 9 aromatic rings. The lowest BCUT2D eigenvalue weighted by Gasteiger charge is -2.27. The SMILES string of the molecule is CCC(COc1cccc(-c2nnc(-c3cc(-n4c5ccccc5c5ccccc54)cc(-n4c5ccccc5c5ccccc54)c3)o2)c1)C1CC2C=CC1C2. The van der Waals surface area contributed by atoms with Crippen molar-refractivity contribution in [2.45, 2.75) is 26.2 Å². The van der Waals surface area contributed by atoms with Crippen LogP contribution in [0.2, 0.25) is 0 Å².